The molecule has 1 fully saturated rings. The summed E-state index contributed by atoms with van der Waals surface area (Å²) in [5.41, 5.74) is 4.53. The summed E-state index contributed by atoms with van der Waals surface area (Å²) in [6, 6.07) is 19.1. The summed E-state index contributed by atoms with van der Waals surface area (Å²) >= 11 is -1.30. The number of ether oxygens (including phenoxy) is 1. The van der Waals surface area contributed by atoms with Gasteiger partial charge in [0, 0.05) is 25.8 Å². The summed E-state index contributed by atoms with van der Waals surface area (Å²) in [7, 11) is 1.81. The van der Waals surface area contributed by atoms with Gasteiger partial charge in [-0.1, -0.05) is 59.0 Å². The van der Waals surface area contributed by atoms with Crippen LogP contribution < -0.4 is 0 Å². The molecule has 0 bridgehead atoms. The average Bonchev–Trinajstić information content (AvgIpc) is 3.03. The minimum absolute atomic E-state index is 0.0121. The van der Waals surface area contributed by atoms with Gasteiger partial charge in [-0.3, -0.25) is 4.90 Å². The van der Waals surface area contributed by atoms with Crippen molar-refractivity contribution < 1.29 is 9.29 Å². The Morgan fingerprint density at radius 2 is 1.83 bits per heavy atom. The molecule has 30 heavy (non-hydrogen) atoms. The minimum atomic E-state index is -1.30. The average molecular weight is 425 g/mol. The van der Waals surface area contributed by atoms with Crippen LogP contribution in [0.25, 0.3) is 0 Å². The second-order valence-electron chi connectivity index (χ2n) is 9.49. The molecule has 160 valence electrons. The van der Waals surface area contributed by atoms with Crippen LogP contribution >= 0.6 is 0 Å². The second kappa shape index (κ2) is 8.46. The van der Waals surface area contributed by atoms with Gasteiger partial charge >= 0.3 is 0 Å². The van der Waals surface area contributed by atoms with E-state index >= 15 is 0 Å². The molecule has 0 N–H and O–H groups in total. The number of nitrogens with zero attached hydrogens (tertiary/aromatic N) is 2. The van der Waals surface area contributed by atoms with Crippen molar-refractivity contribution in [2.75, 3.05) is 20.2 Å². The number of benzene rings is 2. The van der Waals surface area contributed by atoms with Crippen LogP contribution in [0.4, 0.5) is 0 Å². The molecule has 5 heteroatoms. The number of fused-ring (bicyclic) bond motifs is 1. The van der Waals surface area contributed by atoms with E-state index in [-0.39, 0.29) is 16.3 Å². The van der Waals surface area contributed by atoms with E-state index in [4.69, 9.17) is 9.13 Å². The van der Waals surface area contributed by atoms with Crippen LogP contribution in [0.3, 0.4) is 0 Å². The third-order valence-electron chi connectivity index (χ3n) is 6.40. The summed E-state index contributed by atoms with van der Waals surface area (Å²) in [5.74, 6) is 0. The minimum Gasteiger partial charge on any atom is -0.591 e. The molecule has 1 aliphatic carbocycles. The second-order valence-corrected chi connectivity index (χ2v) is 11.4. The van der Waals surface area contributed by atoms with Crippen molar-refractivity contribution in [3.05, 3.63) is 71.3 Å². The Bertz CT molecular complexity index is 909. The number of rotatable bonds is 4. The highest BCUT2D eigenvalue weighted by Gasteiger charge is 2.53. The van der Waals surface area contributed by atoms with Crippen molar-refractivity contribution >= 4 is 17.1 Å². The Hall–Kier alpha value is -1.66. The standard InChI is InChI=1S/C25H32N2O2S/c1-24(2,3)30(28)26-23-21-13-9-8-12-20(21)16-25(23)14-15-27(18-22(25)29-4)17-19-10-6-5-7-11-19/h5-13,22H,14-18H2,1-4H3/b26-23+/t22?,25?,30-/m1/s1. The van der Waals surface area contributed by atoms with E-state index in [0.29, 0.717) is 0 Å². The molecular formula is C25H32N2O2S. The van der Waals surface area contributed by atoms with Gasteiger partial charge in [-0.05, 0) is 51.3 Å². The van der Waals surface area contributed by atoms with E-state index in [1.54, 1.807) is 7.11 Å². The van der Waals surface area contributed by atoms with E-state index in [9.17, 15) is 4.55 Å². The van der Waals surface area contributed by atoms with Crippen LogP contribution in [0.2, 0.25) is 0 Å². The fraction of sp³-hybridized carbons (Fsp3) is 0.480. The molecule has 1 heterocycles. The molecule has 1 spiro atoms. The number of methoxy groups -OCH3 is 1. The third-order valence-corrected chi connectivity index (χ3v) is 7.79. The Labute approximate surface area is 183 Å². The first-order valence-corrected chi connectivity index (χ1v) is 11.8. The molecule has 2 aromatic carbocycles. The molecule has 2 aliphatic rings. The van der Waals surface area contributed by atoms with Crippen LogP contribution in [-0.2, 0) is 29.1 Å². The largest absolute Gasteiger partial charge is 0.591 e. The van der Waals surface area contributed by atoms with E-state index in [2.05, 4.69) is 59.5 Å². The van der Waals surface area contributed by atoms with Crippen LogP contribution in [0.15, 0.2) is 59.0 Å². The number of likely N-dealkylation sites (tertiary alicyclic amines) is 1. The maximum Gasteiger partial charge on any atom is 0.144 e. The fourth-order valence-corrected chi connectivity index (χ4v) is 5.45. The van der Waals surface area contributed by atoms with Crippen LogP contribution in [0, 0.1) is 5.41 Å². The molecule has 4 nitrogen and oxygen atoms in total. The first-order chi connectivity index (χ1) is 14.3. The topological polar surface area (TPSA) is 47.9 Å². The molecule has 0 aromatic heterocycles. The predicted octanol–water partition coefficient (Wildman–Crippen LogP) is 4.40. The van der Waals surface area contributed by atoms with Crippen LogP contribution in [0.1, 0.15) is 43.9 Å². The zero-order chi connectivity index (χ0) is 21.4. The van der Waals surface area contributed by atoms with Gasteiger partial charge in [0.05, 0.1) is 11.5 Å². The molecule has 0 saturated carbocycles. The molecule has 0 radical (unpaired) electrons. The van der Waals surface area contributed by atoms with E-state index in [1.807, 2.05) is 20.8 Å². The zero-order valence-electron chi connectivity index (χ0n) is 18.4. The molecule has 3 atom stereocenters. The summed E-state index contributed by atoms with van der Waals surface area (Å²) in [4.78, 5) is 2.47. The zero-order valence-corrected chi connectivity index (χ0v) is 19.2. The molecule has 2 aromatic rings. The molecule has 1 aliphatic heterocycles. The predicted molar refractivity (Wildman–Crippen MR) is 124 cm³/mol. The van der Waals surface area contributed by atoms with Crippen molar-refractivity contribution in [3.8, 4) is 0 Å². The van der Waals surface area contributed by atoms with Gasteiger partial charge in [0.25, 0.3) is 0 Å². The van der Waals surface area contributed by atoms with Gasteiger partial charge < -0.3 is 9.29 Å². The maximum absolute atomic E-state index is 13.0. The van der Waals surface area contributed by atoms with Crippen molar-refractivity contribution in [1.29, 1.82) is 0 Å². The molecule has 0 amide bonds. The molecule has 4 rings (SSSR count). The Kier molecular flexibility index (Phi) is 6.08. The smallest absolute Gasteiger partial charge is 0.144 e. The highest BCUT2D eigenvalue weighted by molar-refractivity contribution is 7.91. The van der Waals surface area contributed by atoms with Crippen LogP contribution in [0.5, 0.6) is 0 Å². The van der Waals surface area contributed by atoms with E-state index < -0.39 is 11.4 Å². The van der Waals surface area contributed by atoms with Crippen LogP contribution in [-0.4, -0.2) is 46.2 Å². The van der Waals surface area contributed by atoms with Gasteiger partial charge in [-0.25, -0.2) is 0 Å². The van der Waals surface area contributed by atoms with Crippen molar-refractivity contribution in [2.45, 2.75) is 51.0 Å². The van der Waals surface area contributed by atoms with Crippen molar-refractivity contribution in [3.63, 3.8) is 0 Å². The van der Waals surface area contributed by atoms with Gasteiger partial charge in [0.2, 0.25) is 0 Å². The summed E-state index contributed by atoms with van der Waals surface area (Å²) in [5, 5.41) is 0. The van der Waals surface area contributed by atoms with Gasteiger partial charge in [0.15, 0.2) is 0 Å². The Balaban J connectivity index is 1.66. The Morgan fingerprint density at radius 3 is 2.53 bits per heavy atom. The summed E-state index contributed by atoms with van der Waals surface area (Å²) < 4.78 is 23.6. The number of hydrogen-bond donors (Lipinski definition) is 0. The van der Waals surface area contributed by atoms with E-state index in [0.717, 1.165) is 43.8 Å². The normalized spacial score (nSPS) is 26.8. The highest BCUT2D eigenvalue weighted by Crippen LogP contribution is 2.47. The lowest BCUT2D eigenvalue weighted by molar-refractivity contribution is -0.0372. The number of piperidine rings is 1. The fourth-order valence-electron chi connectivity index (χ4n) is 4.73. The monoisotopic (exact) mass is 424 g/mol. The highest BCUT2D eigenvalue weighted by atomic mass is 32.2. The number of hydrogen-bond acceptors (Lipinski definition) is 4. The molecular weight excluding hydrogens is 392 g/mol. The Morgan fingerprint density at radius 1 is 1.13 bits per heavy atom. The lowest BCUT2D eigenvalue weighted by Crippen LogP contribution is -2.54. The quantitative estimate of drug-likeness (QED) is 0.684. The van der Waals surface area contributed by atoms with Crippen molar-refractivity contribution in [2.24, 2.45) is 9.81 Å². The van der Waals surface area contributed by atoms with Crippen molar-refractivity contribution in [1.82, 2.24) is 4.90 Å². The summed E-state index contributed by atoms with van der Waals surface area (Å²) in [6.07, 6.45) is 1.87. The van der Waals surface area contributed by atoms with Gasteiger partial charge in [-0.2, -0.15) is 0 Å². The molecule has 1 saturated heterocycles. The van der Waals surface area contributed by atoms with E-state index in [1.165, 1.54) is 11.1 Å². The van der Waals surface area contributed by atoms with Gasteiger partial charge in [0.1, 0.15) is 21.8 Å². The molecule has 2 unspecified atom stereocenters. The first kappa shape index (κ1) is 21.6. The SMILES string of the molecule is COC1CN(Cc2ccccc2)CCC12Cc1ccccc1/C2=N\[S@+]([O-])C(C)(C)C. The van der Waals surface area contributed by atoms with Gasteiger partial charge in [-0.15, -0.1) is 0 Å². The summed E-state index contributed by atoms with van der Waals surface area (Å²) in [6.45, 7) is 8.69. The third kappa shape index (κ3) is 4.09. The lowest BCUT2D eigenvalue weighted by Gasteiger charge is -2.45. The first-order valence-electron chi connectivity index (χ1n) is 10.7. The maximum atomic E-state index is 13.0. The lowest BCUT2D eigenvalue weighted by atomic mass is 9.72.